The average Bonchev–Trinajstić information content (AvgIpc) is 2.50. The van der Waals surface area contributed by atoms with Crippen LogP contribution in [0.25, 0.3) is 0 Å². The fourth-order valence-electron chi connectivity index (χ4n) is 2.73. The normalized spacial score (nSPS) is 16.8. The van der Waals surface area contributed by atoms with E-state index < -0.39 is 0 Å². The van der Waals surface area contributed by atoms with Crippen LogP contribution >= 0.6 is 11.6 Å². The third kappa shape index (κ3) is 3.10. The molecule has 0 saturated carbocycles. The van der Waals surface area contributed by atoms with Crippen molar-refractivity contribution < 1.29 is 4.79 Å². The summed E-state index contributed by atoms with van der Waals surface area (Å²) >= 11 is 5.90. The van der Waals surface area contributed by atoms with E-state index in [4.69, 9.17) is 11.6 Å². The summed E-state index contributed by atoms with van der Waals surface area (Å²) in [6.45, 7) is 3.13. The molecule has 1 aromatic heterocycles. The Morgan fingerprint density at radius 1 is 1.30 bits per heavy atom. The minimum atomic E-state index is -0.248. The largest absolute Gasteiger partial charge is 0.322 e. The smallest absolute Gasteiger partial charge is 0.317 e. The Kier molecular flexibility index (Phi) is 4.39. The lowest BCUT2D eigenvalue weighted by molar-refractivity contribution is 0.126. The van der Waals surface area contributed by atoms with E-state index in [0.717, 1.165) is 12.0 Å². The summed E-state index contributed by atoms with van der Waals surface area (Å²) in [5.74, 6) is 0. The zero-order valence-corrected chi connectivity index (χ0v) is 13.6. The van der Waals surface area contributed by atoms with E-state index in [-0.39, 0.29) is 17.6 Å². The molecule has 1 aliphatic heterocycles. The molecule has 0 bridgehead atoms. The highest BCUT2D eigenvalue weighted by atomic mass is 35.5. The lowest BCUT2D eigenvalue weighted by Gasteiger charge is -2.41. The van der Waals surface area contributed by atoms with Crippen molar-refractivity contribution in [3.05, 3.63) is 63.5 Å². The number of hydrogen-bond donors (Lipinski definition) is 1. The molecule has 0 spiro atoms. The summed E-state index contributed by atoms with van der Waals surface area (Å²) in [6.07, 6.45) is 2.61. The SMILES string of the molecule is CCn1cccc(NC(=O)N2CCC2c2ccc(Cl)cc2)c1=O. The topological polar surface area (TPSA) is 54.3 Å². The molecule has 1 N–H and O–H groups in total. The van der Waals surface area contributed by atoms with Crippen LogP contribution in [0.4, 0.5) is 10.5 Å². The average molecular weight is 332 g/mol. The quantitative estimate of drug-likeness (QED) is 0.935. The third-order valence-corrected chi connectivity index (χ3v) is 4.39. The Labute approximate surface area is 139 Å². The number of benzene rings is 1. The van der Waals surface area contributed by atoms with E-state index in [1.165, 1.54) is 0 Å². The highest BCUT2D eigenvalue weighted by molar-refractivity contribution is 6.30. The van der Waals surface area contributed by atoms with Crippen molar-refractivity contribution in [3.63, 3.8) is 0 Å². The van der Waals surface area contributed by atoms with E-state index in [9.17, 15) is 9.59 Å². The van der Waals surface area contributed by atoms with Gasteiger partial charge in [0, 0.05) is 24.3 Å². The molecule has 23 heavy (non-hydrogen) atoms. The van der Waals surface area contributed by atoms with Crippen LogP contribution in [-0.2, 0) is 6.54 Å². The number of aromatic nitrogens is 1. The minimum absolute atomic E-state index is 0.0318. The zero-order chi connectivity index (χ0) is 16.4. The number of aryl methyl sites for hydroxylation is 1. The second-order valence-electron chi connectivity index (χ2n) is 5.49. The molecule has 1 aliphatic rings. The van der Waals surface area contributed by atoms with E-state index >= 15 is 0 Å². The first-order valence-electron chi connectivity index (χ1n) is 7.62. The lowest BCUT2D eigenvalue weighted by Crippen LogP contribution is -2.47. The Balaban J connectivity index is 1.74. The number of halogens is 1. The van der Waals surface area contributed by atoms with Gasteiger partial charge in [0.25, 0.3) is 5.56 Å². The number of nitrogens with one attached hydrogen (secondary N) is 1. The maximum absolute atomic E-state index is 12.4. The molecule has 5 nitrogen and oxygen atoms in total. The molecule has 0 aliphatic carbocycles. The van der Waals surface area contributed by atoms with Crippen molar-refractivity contribution in [2.24, 2.45) is 0 Å². The summed E-state index contributed by atoms with van der Waals surface area (Å²) in [5.41, 5.74) is 1.17. The molecule has 2 amide bonds. The van der Waals surface area contributed by atoms with E-state index in [1.54, 1.807) is 27.8 Å². The second-order valence-corrected chi connectivity index (χ2v) is 5.93. The summed E-state index contributed by atoms with van der Waals surface area (Å²) in [6, 6.07) is 10.7. The summed E-state index contributed by atoms with van der Waals surface area (Å²) < 4.78 is 1.56. The van der Waals surface area contributed by atoms with Gasteiger partial charge in [-0.25, -0.2) is 4.79 Å². The van der Waals surface area contributed by atoms with Gasteiger partial charge >= 0.3 is 6.03 Å². The molecule has 1 aromatic carbocycles. The van der Waals surface area contributed by atoms with Crippen molar-refractivity contribution in [1.82, 2.24) is 9.47 Å². The highest BCUT2D eigenvalue weighted by Gasteiger charge is 2.33. The van der Waals surface area contributed by atoms with Crippen molar-refractivity contribution in [2.45, 2.75) is 25.9 Å². The van der Waals surface area contributed by atoms with Crippen LogP contribution in [0.1, 0.15) is 24.9 Å². The lowest BCUT2D eigenvalue weighted by atomic mass is 9.95. The number of carbonyl (C=O) groups excluding carboxylic acids is 1. The van der Waals surface area contributed by atoms with Crippen LogP contribution in [-0.4, -0.2) is 22.0 Å². The molecule has 3 rings (SSSR count). The Bertz CT molecular complexity index is 770. The molecular formula is C17H18ClN3O2. The van der Waals surface area contributed by atoms with Crippen LogP contribution in [0.5, 0.6) is 0 Å². The van der Waals surface area contributed by atoms with Gasteiger partial charge in [0.1, 0.15) is 5.69 Å². The number of amides is 2. The number of rotatable bonds is 3. The first-order chi connectivity index (χ1) is 11.1. The van der Waals surface area contributed by atoms with Crippen LogP contribution < -0.4 is 10.9 Å². The molecule has 1 atom stereocenters. The predicted octanol–water partition coefficient (Wildman–Crippen LogP) is 3.50. The predicted molar refractivity (Wildman–Crippen MR) is 90.9 cm³/mol. The molecule has 1 unspecified atom stereocenters. The first-order valence-corrected chi connectivity index (χ1v) is 8.00. The van der Waals surface area contributed by atoms with Crippen LogP contribution in [0.2, 0.25) is 5.02 Å². The molecule has 2 aromatic rings. The monoisotopic (exact) mass is 331 g/mol. The molecule has 1 fully saturated rings. The van der Waals surface area contributed by atoms with Crippen molar-refractivity contribution in [1.29, 1.82) is 0 Å². The van der Waals surface area contributed by atoms with Gasteiger partial charge in [-0.05, 0) is 43.2 Å². The van der Waals surface area contributed by atoms with Gasteiger partial charge < -0.3 is 14.8 Å². The van der Waals surface area contributed by atoms with Crippen molar-refractivity contribution in [3.8, 4) is 0 Å². The molecule has 1 saturated heterocycles. The van der Waals surface area contributed by atoms with Gasteiger partial charge in [-0.3, -0.25) is 4.79 Å². The fourth-order valence-corrected chi connectivity index (χ4v) is 2.86. The Hall–Kier alpha value is -2.27. The number of carbonyl (C=O) groups is 1. The number of nitrogens with zero attached hydrogens (tertiary/aromatic N) is 2. The maximum Gasteiger partial charge on any atom is 0.322 e. The first kappa shape index (κ1) is 15.6. The molecule has 2 heterocycles. The van der Waals surface area contributed by atoms with Gasteiger partial charge in [0.15, 0.2) is 0 Å². The van der Waals surface area contributed by atoms with Gasteiger partial charge in [-0.1, -0.05) is 23.7 Å². The molecule has 120 valence electrons. The number of anilines is 1. The minimum Gasteiger partial charge on any atom is -0.317 e. The van der Waals surface area contributed by atoms with Gasteiger partial charge in [0.05, 0.1) is 6.04 Å². The van der Waals surface area contributed by atoms with E-state index in [1.807, 2.05) is 31.2 Å². The van der Waals surface area contributed by atoms with Crippen molar-refractivity contribution in [2.75, 3.05) is 11.9 Å². The van der Waals surface area contributed by atoms with Crippen molar-refractivity contribution >= 4 is 23.3 Å². The highest BCUT2D eigenvalue weighted by Crippen LogP contribution is 2.34. The van der Waals surface area contributed by atoms with E-state index in [0.29, 0.717) is 23.8 Å². The van der Waals surface area contributed by atoms with Crippen LogP contribution in [0, 0.1) is 0 Å². The van der Waals surface area contributed by atoms with E-state index in [2.05, 4.69) is 5.32 Å². The third-order valence-electron chi connectivity index (χ3n) is 4.14. The fraction of sp³-hybridized carbons (Fsp3) is 0.294. The molecular weight excluding hydrogens is 314 g/mol. The number of urea groups is 1. The van der Waals surface area contributed by atoms with Crippen LogP contribution in [0.3, 0.4) is 0 Å². The number of likely N-dealkylation sites (tertiary alicyclic amines) is 1. The Morgan fingerprint density at radius 2 is 2.04 bits per heavy atom. The zero-order valence-electron chi connectivity index (χ0n) is 12.8. The van der Waals surface area contributed by atoms with Gasteiger partial charge in [-0.15, -0.1) is 0 Å². The summed E-state index contributed by atoms with van der Waals surface area (Å²) in [4.78, 5) is 26.3. The number of pyridine rings is 1. The van der Waals surface area contributed by atoms with Crippen LogP contribution in [0.15, 0.2) is 47.4 Å². The standard InChI is InChI=1S/C17H18ClN3O2/c1-2-20-10-3-4-14(16(20)22)19-17(23)21-11-9-15(21)12-5-7-13(18)8-6-12/h3-8,10,15H,2,9,11H2,1H3,(H,19,23). The molecule has 0 radical (unpaired) electrons. The summed E-state index contributed by atoms with van der Waals surface area (Å²) in [5, 5.41) is 3.40. The number of hydrogen-bond acceptors (Lipinski definition) is 2. The summed E-state index contributed by atoms with van der Waals surface area (Å²) in [7, 11) is 0. The Morgan fingerprint density at radius 3 is 2.65 bits per heavy atom. The molecule has 6 heteroatoms. The van der Waals surface area contributed by atoms with Gasteiger partial charge in [0.2, 0.25) is 0 Å². The van der Waals surface area contributed by atoms with Gasteiger partial charge in [-0.2, -0.15) is 0 Å². The maximum atomic E-state index is 12.4. The second kappa shape index (κ2) is 6.46.